The van der Waals surface area contributed by atoms with Crippen molar-refractivity contribution in [1.29, 1.82) is 0 Å². The second kappa shape index (κ2) is 6.47. The van der Waals surface area contributed by atoms with E-state index in [1.807, 2.05) is 0 Å². The van der Waals surface area contributed by atoms with E-state index in [9.17, 15) is 14.7 Å². The lowest BCUT2D eigenvalue weighted by atomic mass is 10.0. The Morgan fingerprint density at radius 3 is 2.30 bits per heavy atom. The summed E-state index contributed by atoms with van der Waals surface area (Å²) in [7, 11) is 4.25. The fourth-order valence-corrected chi connectivity index (χ4v) is 2.14. The minimum absolute atomic E-state index is 0.104. The molecular formula is C13H16ClNO5. The van der Waals surface area contributed by atoms with Crippen molar-refractivity contribution in [2.45, 2.75) is 13.0 Å². The predicted molar refractivity (Wildman–Crippen MR) is 73.4 cm³/mol. The SMILES string of the molecule is COc1ccc(C(C(=O)O)N(C)C(C)=O)c(Cl)c1OC. The fourth-order valence-electron chi connectivity index (χ4n) is 1.80. The number of methoxy groups -OCH3 is 2. The number of amides is 1. The molecule has 1 N–H and O–H groups in total. The van der Waals surface area contributed by atoms with Crippen LogP contribution in [0.1, 0.15) is 18.5 Å². The van der Waals surface area contributed by atoms with E-state index in [2.05, 4.69) is 0 Å². The number of carboxylic acids is 1. The summed E-state index contributed by atoms with van der Waals surface area (Å²) in [5.41, 5.74) is 0.259. The van der Waals surface area contributed by atoms with Crippen LogP contribution in [-0.4, -0.2) is 43.2 Å². The van der Waals surface area contributed by atoms with Crippen LogP contribution in [0.3, 0.4) is 0 Å². The van der Waals surface area contributed by atoms with Gasteiger partial charge in [-0.1, -0.05) is 17.7 Å². The number of ether oxygens (including phenoxy) is 2. The van der Waals surface area contributed by atoms with E-state index in [1.54, 1.807) is 6.07 Å². The van der Waals surface area contributed by atoms with Crippen LogP contribution in [0, 0.1) is 0 Å². The molecule has 0 radical (unpaired) electrons. The summed E-state index contributed by atoms with van der Waals surface area (Å²) >= 11 is 6.17. The number of carbonyl (C=O) groups excluding carboxylic acids is 1. The summed E-state index contributed by atoms with van der Waals surface area (Å²) in [6.07, 6.45) is 0. The summed E-state index contributed by atoms with van der Waals surface area (Å²) in [6, 6.07) is 1.85. The Labute approximate surface area is 121 Å². The van der Waals surface area contributed by atoms with Gasteiger partial charge >= 0.3 is 5.97 Å². The maximum Gasteiger partial charge on any atom is 0.331 e. The molecule has 0 aliphatic carbocycles. The molecule has 6 nitrogen and oxygen atoms in total. The second-order valence-electron chi connectivity index (χ2n) is 4.07. The Balaban J connectivity index is 3.42. The van der Waals surface area contributed by atoms with Gasteiger partial charge in [-0.05, 0) is 6.07 Å². The molecule has 0 heterocycles. The molecule has 20 heavy (non-hydrogen) atoms. The summed E-state index contributed by atoms with van der Waals surface area (Å²) in [5, 5.41) is 9.44. The average molecular weight is 302 g/mol. The number of rotatable bonds is 5. The van der Waals surface area contributed by atoms with E-state index in [4.69, 9.17) is 21.1 Å². The molecular weight excluding hydrogens is 286 g/mol. The zero-order valence-electron chi connectivity index (χ0n) is 11.6. The highest BCUT2D eigenvalue weighted by atomic mass is 35.5. The lowest BCUT2D eigenvalue weighted by Gasteiger charge is -2.25. The van der Waals surface area contributed by atoms with Gasteiger partial charge in [-0.15, -0.1) is 0 Å². The van der Waals surface area contributed by atoms with Crippen LogP contribution < -0.4 is 9.47 Å². The normalized spacial score (nSPS) is 11.7. The molecule has 1 unspecified atom stereocenters. The van der Waals surface area contributed by atoms with Gasteiger partial charge in [-0.3, -0.25) is 4.79 Å². The number of likely N-dealkylation sites (N-methyl/N-ethyl adjacent to an activating group) is 1. The summed E-state index contributed by atoms with van der Waals surface area (Å²) in [6.45, 7) is 1.28. The minimum atomic E-state index is -1.19. The van der Waals surface area contributed by atoms with Crippen molar-refractivity contribution in [3.8, 4) is 11.5 Å². The van der Waals surface area contributed by atoms with Crippen molar-refractivity contribution >= 4 is 23.5 Å². The van der Waals surface area contributed by atoms with Gasteiger partial charge in [-0.25, -0.2) is 4.79 Å². The number of halogens is 1. The molecule has 0 aliphatic heterocycles. The molecule has 1 amide bonds. The third-order valence-electron chi connectivity index (χ3n) is 2.93. The first-order valence-corrected chi connectivity index (χ1v) is 6.09. The van der Waals surface area contributed by atoms with Gasteiger partial charge in [0.25, 0.3) is 0 Å². The average Bonchev–Trinajstić information content (AvgIpc) is 2.39. The molecule has 0 fully saturated rings. The highest BCUT2D eigenvalue weighted by Crippen LogP contribution is 2.40. The van der Waals surface area contributed by atoms with Crippen LogP contribution in [0.4, 0.5) is 0 Å². The van der Waals surface area contributed by atoms with E-state index >= 15 is 0 Å². The van der Waals surface area contributed by atoms with Gasteiger partial charge < -0.3 is 19.5 Å². The molecule has 1 aromatic carbocycles. The molecule has 1 aromatic rings. The molecule has 0 aromatic heterocycles. The van der Waals surface area contributed by atoms with Crippen LogP contribution in [-0.2, 0) is 9.59 Å². The maximum absolute atomic E-state index is 11.4. The number of nitrogens with zero attached hydrogens (tertiary/aromatic N) is 1. The molecule has 110 valence electrons. The molecule has 0 saturated carbocycles. The van der Waals surface area contributed by atoms with Gasteiger partial charge in [0, 0.05) is 19.5 Å². The summed E-state index contributed by atoms with van der Waals surface area (Å²) < 4.78 is 10.2. The number of carbonyl (C=O) groups is 2. The second-order valence-corrected chi connectivity index (χ2v) is 4.45. The smallest absolute Gasteiger partial charge is 0.331 e. The molecule has 0 bridgehead atoms. The topological polar surface area (TPSA) is 76.1 Å². The third kappa shape index (κ3) is 2.96. The predicted octanol–water partition coefficient (Wildman–Crippen LogP) is 1.96. The summed E-state index contributed by atoms with van der Waals surface area (Å²) in [5.74, 6) is -0.953. The molecule has 0 spiro atoms. The van der Waals surface area contributed by atoms with Gasteiger partial charge in [0.15, 0.2) is 17.5 Å². The van der Waals surface area contributed by atoms with E-state index in [0.717, 1.165) is 4.90 Å². The molecule has 0 saturated heterocycles. The zero-order chi connectivity index (χ0) is 15.4. The van der Waals surface area contributed by atoms with Crippen molar-refractivity contribution in [1.82, 2.24) is 4.90 Å². The molecule has 0 aliphatic rings. The monoisotopic (exact) mass is 301 g/mol. The largest absolute Gasteiger partial charge is 0.493 e. The lowest BCUT2D eigenvalue weighted by Crippen LogP contribution is -2.34. The van der Waals surface area contributed by atoms with Gasteiger partial charge in [0.1, 0.15) is 0 Å². The Morgan fingerprint density at radius 1 is 1.30 bits per heavy atom. The molecule has 1 atom stereocenters. The number of aliphatic carboxylic acids is 1. The van der Waals surface area contributed by atoms with E-state index < -0.39 is 12.0 Å². The van der Waals surface area contributed by atoms with E-state index in [1.165, 1.54) is 34.3 Å². The first-order chi connectivity index (χ1) is 9.34. The van der Waals surface area contributed by atoms with Crippen molar-refractivity contribution in [3.05, 3.63) is 22.7 Å². The van der Waals surface area contributed by atoms with Gasteiger partial charge in [0.05, 0.1) is 19.2 Å². The summed E-state index contributed by atoms with van der Waals surface area (Å²) in [4.78, 5) is 23.9. The van der Waals surface area contributed by atoms with Crippen LogP contribution in [0.25, 0.3) is 0 Å². The van der Waals surface area contributed by atoms with Crippen molar-refractivity contribution < 1.29 is 24.2 Å². The quantitative estimate of drug-likeness (QED) is 0.899. The van der Waals surface area contributed by atoms with E-state index in [0.29, 0.717) is 5.75 Å². The highest BCUT2D eigenvalue weighted by Gasteiger charge is 2.30. The lowest BCUT2D eigenvalue weighted by molar-refractivity contribution is -0.148. The fraction of sp³-hybridized carbons (Fsp3) is 0.385. The Morgan fingerprint density at radius 2 is 1.90 bits per heavy atom. The molecule has 1 rings (SSSR count). The Kier molecular flexibility index (Phi) is 5.21. The standard InChI is InChI=1S/C13H16ClNO5/c1-7(16)15(2)11(13(17)18)8-5-6-9(19-3)12(20-4)10(8)14/h5-6,11H,1-4H3,(H,17,18). The minimum Gasteiger partial charge on any atom is -0.493 e. The van der Waals surface area contributed by atoms with Crippen molar-refractivity contribution in [2.24, 2.45) is 0 Å². The first kappa shape index (κ1) is 16.1. The van der Waals surface area contributed by atoms with E-state index in [-0.39, 0.29) is 22.2 Å². The maximum atomic E-state index is 11.4. The number of hydrogen-bond donors (Lipinski definition) is 1. The van der Waals surface area contributed by atoms with Crippen LogP contribution in [0.5, 0.6) is 11.5 Å². The molecule has 7 heteroatoms. The highest BCUT2D eigenvalue weighted by molar-refractivity contribution is 6.33. The van der Waals surface area contributed by atoms with Crippen LogP contribution in [0.2, 0.25) is 5.02 Å². The first-order valence-electron chi connectivity index (χ1n) is 5.71. The Hall–Kier alpha value is -1.95. The van der Waals surface area contributed by atoms with Crippen molar-refractivity contribution in [2.75, 3.05) is 21.3 Å². The number of benzene rings is 1. The van der Waals surface area contributed by atoms with Gasteiger partial charge in [0.2, 0.25) is 5.91 Å². The van der Waals surface area contributed by atoms with Gasteiger partial charge in [-0.2, -0.15) is 0 Å². The van der Waals surface area contributed by atoms with Crippen LogP contribution in [0.15, 0.2) is 12.1 Å². The van der Waals surface area contributed by atoms with Crippen LogP contribution >= 0.6 is 11.6 Å². The number of carboxylic acid groups (broad SMARTS) is 1. The van der Waals surface area contributed by atoms with Crippen molar-refractivity contribution in [3.63, 3.8) is 0 Å². The third-order valence-corrected chi connectivity index (χ3v) is 3.32. The Bertz CT molecular complexity index is 532. The zero-order valence-corrected chi connectivity index (χ0v) is 12.4. The number of hydrogen-bond acceptors (Lipinski definition) is 4.